The molecule has 0 aliphatic heterocycles. The molecule has 1 rings (SSSR count). The molecule has 3 heteroatoms. The van der Waals surface area contributed by atoms with E-state index in [1.165, 1.54) is 12.7 Å². The highest BCUT2D eigenvalue weighted by Crippen LogP contribution is 2.60. The van der Waals surface area contributed by atoms with Gasteiger partial charge in [0, 0.05) is 11.8 Å². The zero-order valence-corrected chi connectivity index (χ0v) is 14.5. The minimum absolute atomic E-state index is 0.0867. The zero-order chi connectivity index (χ0) is 16.5. The number of methoxy groups -OCH3 is 1. The molecule has 1 aliphatic carbocycles. The van der Waals surface area contributed by atoms with Crippen LogP contribution in [0.25, 0.3) is 0 Å². The second-order valence-corrected chi connectivity index (χ2v) is 8.04. The summed E-state index contributed by atoms with van der Waals surface area (Å²) < 4.78 is 4.72. The van der Waals surface area contributed by atoms with Crippen molar-refractivity contribution in [3.63, 3.8) is 0 Å². The summed E-state index contributed by atoms with van der Waals surface area (Å²) in [5, 5.41) is 10.7. The van der Waals surface area contributed by atoms with E-state index in [1.54, 1.807) is 0 Å². The van der Waals surface area contributed by atoms with Crippen LogP contribution in [0.5, 0.6) is 0 Å². The number of hydrogen-bond acceptors (Lipinski definition) is 3. The number of hydrogen-bond donors (Lipinski definition) is 1. The zero-order valence-electron chi connectivity index (χ0n) is 14.5. The number of esters is 1. The van der Waals surface area contributed by atoms with Gasteiger partial charge in [0.1, 0.15) is 0 Å². The highest BCUT2D eigenvalue weighted by atomic mass is 16.5. The molecule has 0 fully saturated rings. The minimum atomic E-state index is -0.333. The predicted molar refractivity (Wildman–Crippen MR) is 86.0 cm³/mol. The molecular formula is C18H30O3. The normalized spacial score (nSPS) is 18.8. The van der Waals surface area contributed by atoms with Crippen molar-refractivity contribution < 1.29 is 14.6 Å². The largest absolute Gasteiger partial charge is 0.512 e. The van der Waals surface area contributed by atoms with Crippen molar-refractivity contribution in [2.75, 3.05) is 7.11 Å². The van der Waals surface area contributed by atoms with Crippen LogP contribution in [-0.2, 0) is 9.53 Å². The van der Waals surface area contributed by atoms with E-state index in [9.17, 15) is 9.90 Å². The molecule has 0 atom stereocenters. The molecule has 0 aromatic carbocycles. The second kappa shape index (κ2) is 5.86. The maximum atomic E-state index is 11.4. The van der Waals surface area contributed by atoms with E-state index >= 15 is 0 Å². The average molecular weight is 294 g/mol. The summed E-state index contributed by atoms with van der Waals surface area (Å²) in [6.45, 7) is 13.0. The van der Waals surface area contributed by atoms with Gasteiger partial charge in [-0.2, -0.15) is 0 Å². The van der Waals surface area contributed by atoms with Gasteiger partial charge in [0.2, 0.25) is 0 Å². The molecule has 21 heavy (non-hydrogen) atoms. The number of aliphatic hydroxyl groups is 1. The van der Waals surface area contributed by atoms with E-state index in [-0.39, 0.29) is 22.2 Å². The number of aliphatic hydroxyl groups excluding tert-OH is 1. The van der Waals surface area contributed by atoms with Crippen molar-refractivity contribution in [3.05, 3.63) is 23.5 Å². The number of ether oxygens (including phenoxy) is 1. The summed E-state index contributed by atoms with van der Waals surface area (Å²) in [5.74, 6) is 0.260. The van der Waals surface area contributed by atoms with Crippen LogP contribution in [0.2, 0.25) is 0 Å². The lowest BCUT2D eigenvalue weighted by Gasteiger charge is -2.54. The molecule has 0 amide bonds. The Hall–Kier alpha value is -1.25. The number of carbonyl (C=O) groups excluding carboxylic acids is 1. The molecule has 0 spiro atoms. The fourth-order valence-electron chi connectivity index (χ4n) is 3.79. The van der Waals surface area contributed by atoms with Gasteiger partial charge < -0.3 is 9.84 Å². The average Bonchev–Trinajstić information content (AvgIpc) is 2.34. The Labute approximate surface area is 129 Å². The van der Waals surface area contributed by atoms with Crippen molar-refractivity contribution in [3.8, 4) is 0 Å². The van der Waals surface area contributed by atoms with Gasteiger partial charge in [-0.25, -0.2) is 0 Å². The van der Waals surface area contributed by atoms with E-state index in [0.29, 0.717) is 18.6 Å². The summed E-state index contributed by atoms with van der Waals surface area (Å²) in [4.78, 5) is 11.4. The molecule has 1 aliphatic rings. The molecule has 0 radical (unpaired) electrons. The summed E-state index contributed by atoms with van der Waals surface area (Å²) >= 11 is 0. The third-order valence-corrected chi connectivity index (χ3v) is 4.84. The Morgan fingerprint density at radius 2 is 1.71 bits per heavy atom. The summed E-state index contributed by atoms with van der Waals surface area (Å²) in [7, 11) is 1.41. The maximum absolute atomic E-state index is 11.4. The molecule has 0 saturated heterocycles. The molecule has 0 aromatic heterocycles. The van der Waals surface area contributed by atoms with Crippen LogP contribution in [0.3, 0.4) is 0 Å². The standard InChI is InChI=1S/C18H30O3/c1-16(2,3)18(17(4,5)6)12-13(8-10-14(18)19)9-11-15(20)21-7/h8,10,19H,9,11-12H2,1-7H3. The molecular weight excluding hydrogens is 264 g/mol. The van der Waals surface area contributed by atoms with Gasteiger partial charge in [-0.1, -0.05) is 53.2 Å². The van der Waals surface area contributed by atoms with Gasteiger partial charge >= 0.3 is 5.97 Å². The Morgan fingerprint density at radius 3 is 2.14 bits per heavy atom. The van der Waals surface area contributed by atoms with Crippen molar-refractivity contribution in [2.45, 2.75) is 60.8 Å². The third-order valence-electron chi connectivity index (χ3n) is 4.84. The monoisotopic (exact) mass is 294 g/mol. The molecule has 0 unspecified atom stereocenters. The summed E-state index contributed by atoms with van der Waals surface area (Å²) in [5.41, 5.74) is 0.691. The Kier molecular flexibility index (Phi) is 4.97. The molecule has 3 nitrogen and oxygen atoms in total. The van der Waals surface area contributed by atoms with Crippen molar-refractivity contribution in [1.82, 2.24) is 0 Å². The quantitative estimate of drug-likeness (QED) is 0.761. The van der Waals surface area contributed by atoms with Crippen molar-refractivity contribution >= 4 is 5.97 Å². The fraction of sp³-hybridized carbons (Fsp3) is 0.722. The van der Waals surface area contributed by atoms with E-state index in [2.05, 4.69) is 41.5 Å². The van der Waals surface area contributed by atoms with Gasteiger partial charge in [0.05, 0.1) is 12.9 Å². The van der Waals surface area contributed by atoms with Gasteiger partial charge in [0.15, 0.2) is 0 Å². The van der Waals surface area contributed by atoms with Crippen LogP contribution in [-0.4, -0.2) is 18.2 Å². The maximum Gasteiger partial charge on any atom is 0.305 e. The van der Waals surface area contributed by atoms with E-state index in [1.807, 2.05) is 12.2 Å². The number of carbonyl (C=O) groups is 1. The Balaban J connectivity index is 3.12. The first-order valence-corrected chi connectivity index (χ1v) is 7.62. The van der Waals surface area contributed by atoms with Crippen LogP contribution in [0, 0.1) is 16.2 Å². The molecule has 0 heterocycles. The Bertz CT molecular complexity index is 442. The lowest BCUT2D eigenvalue weighted by atomic mass is 9.50. The van der Waals surface area contributed by atoms with Crippen molar-refractivity contribution in [2.24, 2.45) is 16.2 Å². The van der Waals surface area contributed by atoms with Gasteiger partial charge in [0.25, 0.3) is 0 Å². The van der Waals surface area contributed by atoms with Crippen LogP contribution < -0.4 is 0 Å². The SMILES string of the molecule is COC(=O)CCC1=CC=C(O)C(C(C)(C)C)(C(C)(C)C)C1. The van der Waals surface area contributed by atoms with Gasteiger partial charge in [-0.05, 0) is 29.7 Å². The van der Waals surface area contributed by atoms with E-state index in [0.717, 1.165) is 6.42 Å². The first kappa shape index (κ1) is 17.8. The van der Waals surface area contributed by atoms with Crippen LogP contribution >= 0.6 is 0 Å². The summed E-state index contributed by atoms with van der Waals surface area (Å²) in [6, 6.07) is 0. The lowest BCUT2D eigenvalue weighted by Crippen LogP contribution is -2.49. The van der Waals surface area contributed by atoms with Gasteiger partial charge in [-0.3, -0.25) is 4.79 Å². The van der Waals surface area contributed by atoms with Crippen LogP contribution in [0.1, 0.15) is 60.8 Å². The topological polar surface area (TPSA) is 46.5 Å². The highest BCUT2D eigenvalue weighted by Gasteiger charge is 2.54. The lowest BCUT2D eigenvalue weighted by molar-refractivity contribution is -0.140. The van der Waals surface area contributed by atoms with E-state index < -0.39 is 0 Å². The van der Waals surface area contributed by atoms with Crippen molar-refractivity contribution in [1.29, 1.82) is 0 Å². The fourth-order valence-corrected chi connectivity index (χ4v) is 3.79. The second-order valence-electron chi connectivity index (χ2n) is 8.04. The molecule has 0 aromatic rings. The minimum Gasteiger partial charge on any atom is -0.512 e. The first-order valence-electron chi connectivity index (χ1n) is 7.62. The van der Waals surface area contributed by atoms with Gasteiger partial charge in [-0.15, -0.1) is 0 Å². The molecule has 1 N–H and O–H groups in total. The van der Waals surface area contributed by atoms with Crippen LogP contribution in [0.15, 0.2) is 23.5 Å². The van der Waals surface area contributed by atoms with E-state index in [4.69, 9.17) is 4.74 Å². The third kappa shape index (κ3) is 3.33. The number of rotatable bonds is 3. The summed E-state index contributed by atoms with van der Waals surface area (Å²) in [6.07, 6.45) is 5.62. The molecule has 0 bridgehead atoms. The predicted octanol–water partition coefficient (Wildman–Crippen LogP) is 4.79. The highest BCUT2D eigenvalue weighted by molar-refractivity contribution is 5.69. The first-order chi connectivity index (χ1) is 9.45. The molecule has 120 valence electrons. The Morgan fingerprint density at radius 1 is 1.19 bits per heavy atom. The van der Waals surface area contributed by atoms with Crippen LogP contribution in [0.4, 0.5) is 0 Å². The number of allylic oxidation sites excluding steroid dienone is 4. The smallest absolute Gasteiger partial charge is 0.305 e. The molecule has 0 saturated carbocycles.